The van der Waals surface area contributed by atoms with Gasteiger partial charge in [0.2, 0.25) is 0 Å². The lowest BCUT2D eigenvalue weighted by Gasteiger charge is -2.25. The van der Waals surface area contributed by atoms with Crippen molar-refractivity contribution in [3.05, 3.63) is 58.1 Å². The third kappa shape index (κ3) is 2.76. The lowest BCUT2D eigenvalue weighted by Crippen LogP contribution is -2.30. The first-order valence-electron chi connectivity index (χ1n) is 8.11. The molecule has 5 nitrogen and oxygen atoms in total. The second kappa shape index (κ2) is 6.11. The molecular formula is C18H16ClFN4O. The summed E-state index contributed by atoms with van der Waals surface area (Å²) >= 11 is 5.77. The number of likely N-dealkylation sites (tertiary alicyclic amines) is 1. The molecule has 1 amide bonds. The number of nitrogens with zero attached hydrogens (tertiary/aromatic N) is 3. The number of carbonyl (C=O) groups excluding carboxylic acids is 1. The number of rotatable bonds is 2. The molecule has 3 heterocycles. The number of aryl methyl sites for hydroxylation is 1. The van der Waals surface area contributed by atoms with Crippen LogP contribution in [0.15, 0.2) is 30.5 Å². The first-order valence-corrected chi connectivity index (χ1v) is 8.49. The van der Waals surface area contributed by atoms with Crippen molar-refractivity contribution in [3.8, 4) is 0 Å². The fourth-order valence-corrected chi connectivity index (χ4v) is 3.50. The average Bonchev–Trinajstić information content (AvgIpc) is 3.24. The van der Waals surface area contributed by atoms with Gasteiger partial charge in [-0.25, -0.2) is 9.37 Å². The van der Waals surface area contributed by atoms with Gasteiger partial charge in [0.05, 0.1) is 16.6 Å². The van der Waals surface area contributed by atoms with Crippen molar-refractivity contribution in [2.24, 2.45) is 0 Å². The summed E-state index contributed by atoms with van der Waals surface area (Å²) in [6.07, 6.45) is 3.22. The molecule has 1 aliphatic rings. The van der Waals surface area contributed by atoms with Crippen molar-refractivity contribution < 1.29 is 9.18 Å². The number of fused-ring (bicyclic) bond motifs is 1. The third-order valence-electron chi connectivity index (χ3n) is 4.69. The Morgan fingerprint density at radius 3 is 3.04 bits per heavy atom. The first kappa shape index (κ1) is 16.0. The monoisotopic (exact) mass is 358 g/mol. The predicted octanol–water partition coefficient (Wildman–Crippen LogP) is 4.04. The molecule has 0 bridgehead atoms. The van der Waals surface area contributed by atoms with Crippen LogP contribution in [0.3, 0.4) is 0 Å². The zero-order valence-electron chi connectivity index (χ0n) is 13.6. The number of H-pyrrole nitrogens is 1. The van der Waals surface area contributed by atoms with E-state index in [2.05, 4.69) is 15.2 Å². The number of nitrogens with one attached hydrogen (secondary N) is 1. The van der Waals surface area contributed by atoms with Gasteiger partial charge in [-0.3, -0.25) is 9.89 Å². The van der Waals surface area contributed by atoms with E-state index in [9.17, 15) is 9.18 Å². The highest BCUT2D eigenvalue weighted by Crippen LogP contribution is 2.34. The summed E-state index contributed by atoms with van der Waals surface area (Å²) in [5, 5.41) is 7.87. The maximum absolute atomic E-state index is 13.8. The van der Waals surface area contributed by atoms with Crippen molar-refractivity contribution in [1.82, 2.24) is 20.1 Å². The zero-order valence-corrected chi connectivity index (χ0v) is 14.3. The highest BCUT2D eigenvalue weighted by molar-refractivity contribution is 6.30. The largest absolute Gasteiger partial charge is 0.332 e. The van der Waals surface area contributed by atoms with E-state index in [4.69, 9.17) is 11.6 Å². The molecule has 1 N–H and O–H groups in total. The summed E-state index contributed by atoms with van der Waals surface area (Å²) in [4.78, 5) is 19.0. The van der Waals surface area contributed by atoms with Crippen LogP contribution in [0, 0.1) is 12.7 Å². The smallest absolute Gasteiger partial charge is 0.255 e. The van der Waals surface area contributed by atoms with Crippen molar-refractivity contribution >= 4 is 28.5 Å². The number of carbonyl (C=O) groups is 1. The topological polar surface area (TPSA) is 61.9 Å². The molecule has 1 aliphatic heterocycles. The number of hydrogen-bond donors (Lipinski definition) is 1. The van der Waals surface area contributed by atoms with Gasteiger partial charge in [0, 0.05) is 23.8 Å². The van der Waals surface area contributed by atoms with Crippen LogP contribution < -0.4 is 0 Å². The minimum absolute atomic E-state index is 0.0877. The van der Waals surface area contributed by atoms with Crippen molar-refractivity contribution in [2.45, 2.75) is 25.8 Å². The van der Waals surface area contributed by atoms with Crippen LogP contribution in [-0.2, 0) is 0 Å². The molecule has 0 radical (unpaired) electrons. The number of benzene rings is 1. The molecule has 25 heavy (non-hydrogen) atoms. The Hall–Kier alpha value is -2.47. The molecule has 0 saturated carbocycles. The Labute approximate surface area is 148 Å². The van der Waals surface area contributed by atoms with E-state index in [0.717, 1.165) is 29.5 Å². The number of aromatic nitrogens is 3. The second-order valence-corrected chi connectivity index (χ2v) is 6.68. The molecule has 1 atom stereocenters. The van der Waals surface area contributed by atoms with Crippen LogP contribution in [0.1, 0.15) is 40.5 Å². The standard InChI is InChI=1S/C18H16ClFN4O/c1-10-13-7-12(9-21-17(13)23-22-10)18(25)24-6-2-3-16(24)11-4-5-14(19)15(20)8-11/h4-5,7-9,16H,2-3,6H2,1H3,(H,21,22,23)/t16-/m0/s1. The summed E-state index contributed by atoms with van der Waals surface area (Å²) in [6.45, 7) is 2.52. The molecule has 2 aromatic heterocycles. The number of pyridine rings is 1. The molecule has 0 aliphatic carbocycles. The Morgan fingerprint density at radius 2 is 2.24 bits per heavy atom. The van der Waals surface area contributed by atoms with E-state index in [0.29, 0.717) is 17.8 Å². The molecule has 4 rings (SSSR count). The lowest BCUT2D eigenvalue weighted by atomic mass is 10.0. The fourth-order valence-electron chi connectivity index (χ4n) is 3.38. The highest BCUT2D eigenvalue weighted by atomic mass is 35.5. The van der Waals surface area contributed by atoms with Gasteiger partial charge in [0.25, 0.3) is 5.91 Å². The second-order valence-electron chi connectivity index (χ2n) is 6.27. The minimum Gasteiger partial charge on any atom is -0.332 e. The van der Waals surface area contributed by atoms with Crippen molar-refractivity contribution in [1.29, 1.82) is 0 Å². The molecular weight excluding hydrogens is 343 g/mol. The van der Waals surface area contributed by atoms with Gasteiger partial charge in [-0.1, -0.05) is 17.7 Å². The van der Waals surface area contributed by atoms with Crippen LogP contribution in [-0.4, -0.2) is 32.5 Å². The van der Waals surface area contributed by atoms with E-state index >= 15 is 0 Å². The fraction of sp³-hybridized carbons (Fsp3) is 0.278. The maximum Gasteiger partial charge on any atom is 0.255 e. The normalized spacial score (nSPS) is 17.4. The van der Waals surface area contributed by atoms with Crippen LogP contribution in [0.4, 0.5) is 4.39 Å². The Kier molecular flexibility index (Phi) is 3.92. The van der Waals surface area contributed by atoms with E-state index in [1.54, 1.807) is 23.2 Å². The average molecular weight is 359 g/mol. The van der Waals surface area contributed by atoms with Gasteiger partial charge in [0.1, 0.15) is 5.82 Å². The molecule has 3 aromatic rings. The molecule has 1 aromatic carbocycles. The van der Waals surface area contributed by atoms with Crippen molar-refractivity contribution in [2.75, 3.05) is 6.54 Å². The van der Waals surface area contributed by atoms with Gasteiger partial charge in [-0.05, 0) is 43.5 Å². The van der Waals surface area contributed by atoms with Gasteiger partial charge in [-0.2, -0.15) is 5.10 Å². The van der Waals surface area contributed by atoms with Gasteiger partial charge < -0.3 is 4.90 Å². The summed E-state index contributed by atoms with van der Waals surface area (Å²) in [5.41, 5.74) is 2.74. The summed E-state index contributed by atoms with van der Waals surface area (Å²) in [6, 6.07) is 6.39. The number of amides is 1. The number of halogens is 2. The summed E-state index contributed by atoms with van der Waals surface area (Å²) < 4.78 is 13.8. The number of aromatic amines is 1. The van der Waals surface area contributed by atoms with Crippen molar-refractivity contribution in [3.63, 3.8) is 0 Å². The van der Waals surface area contributed by atoms with Gasteiger partial charge in [-0.15, -0.1) is 0 Å². The van der Waals surface area contributed by atoms with Crippen LogP contribution in [0.5, 0.6) is 0 Å². The molecule has 0 unspecified atom stereocenters. The first-order chi connectivity index (χ1) is 12.0. The summed E-state index contributed by atoms with van der Waals surface area (Å²) in [7, 11) is 0. The Balaban J connectivity index is 1.67. The molecule has 1 fully saturated rings. The number of hydrogen-bond acceptors (Lipinski definition) is 3. The third-order valence-corrected chi connectivity index (χ3v) is 5.00. The predicted molar refractivity (Wildman–Crippen MR) is 93.0 cm³/mol. The van der Waals surface area contributed by atoms with Gasteiger partial charge in [0.15, 0.2) is 5.65 Å². The summed E-state index contributed by atoms with van der Waals surface area (Å²) in [5.74, 6) is -0.566. The molecule has 0 spiro atoms. The highest BCUT2D eigenvalue weighted by Gasteiger charge is 2.31. The van der Waals surface area contributed by atoms with Crippen LogP contribution >= 0.6 is 11.6 Å². The minimum atomic E-state index is -0.462. The zero-order chi connectivity index (χ0) is 17.6. The van der Waals surface area contributed by atoms with E-state index in [1.165, 1.54) is 12.1 Å². The van der Waals surface area contributed by atoms with E-state index in [-0.39, 0.29) is 17.0 Å². The van der Waals surface area contributed by atoms with Gasteiger partial charge >= 0.3 is 0 Å². The Bertz CT molecular complexity index is 971. The van der Waals surface area contributed by atoms with E-state index < -0.39 is 5.82 Å². The van der Waals surface area contributed by atoms with Crippen LogP contribution in [0.2, 0.25) is 5.02 Å². The quantitative estimate of drug-likeness (QED) is 0.752. The molecule has 1 saturated heterocycles. The molecule has 128 valence electrons. The maximum atomic E-state index is 13.8. The van der Waals surface area contributed by atoms with Crippen LogP contribution in [0.25, 0.3) is 11.0 Å². The Morgan fingerprint density at radius 1 is 1.40 bits per heavy atom. The molecule has 7 heteroatoms. The lowest BCUT2D eigenvalue weighted by molar-refractivity contribution is 0.0735. The van der Waals surface area contributed by atoms with E-state index in [1.807, 2.05) is 6.92 Å². The SMILES string of the molecule is Cc1[nH]nc2ncc(C(=O)N3CCC[C@H]3c3ccc(Cl)c(F)c3)cc12.